The molecule has 0 saturated heterocycles. The van der Waals surface area contributed by atoms with Crippen molar-refractivity contribution < 1.29 is 14.7 Å². The second-order valence-electron chi connectivity index (χ2n) is 8.24. The molecule has 3 heterocycles. The van der Waals surface area contributed by atoms with Gasteiger partial charge in [0.05, 0.1) is 11.7 Å². The lowest BCUT2D eigenvalue weighted by Gasteiger charge is -2.25. The fourth-order valence-corrected chi connectivity index (χ4v) is 3.83. The molecule has 1 amide bonds. The maximum Gasteiger partial charge on any atom is 0.303 e. The SMILES string of the molecule is CCC(=O)N(C)c1ccc2nc(CCCC(=O)O)c(=O)n([C@H](c3ccccn3)C(C)C)c2n1. The highest BCUT2D eigenvalue weighted by atomic mass is 16.4. The Hall–Kier alpha value is -3.62. The Bertz CT molecular complexity index is 1210. The molecule has 0 unspecified atom stereocenters. The van der Waals surface area contributed by atoms with Gasteiger partial charge in [0.1, 0.15) is 17.0 Å². The standard InChI is InChI=1S/C24H29N5O4/c1-5-20(30)28(4)19-13-12-17-23(27-19)29(22(15(2)3)16-9-6-7-14-25-16)24(33)18(26-17)10-8-11-21(31)32/h6-7,9,12-15,22H,5,8,10-11H2,1-4H3,(H,31,32)/t22-/m0/s1. The Morgan fingerprint density at radius 1 is 1.15 bits per heavy atom. The molecule has 0 fully saturated rings. The molecular weight excluding hydrogens is 422 g/mol. The zero-order valence-corrected chi connectivity index (χ0v) is 19.4. The maximum absolute atomic E-state index is 13.7. The molecule has 0 aliphatic heterocycles. The lowest BCUT2D eigenvalue weighted by atomic mass is 9.99. The number of carbonyl (C=O) groups is 2. The molecule has 1 atom stereocenters. The number of hydrogen-bond acceptors (Lipinski definition) is 6. The summed E-state index contributed by atoms with van der Waals surface area (Å²) in [4.78, 5) is 52.0. The first-order valence-corrected chi connectivity index (χ1v) is 11.1. The lowest BCUT2D eigenvalue weighted by molar-refractivity contribution is -0.137. The van der Waals surface area contributed by atoms with Gasteiger partial charge in [-0.05, 0) is 43.0 Å². The molecule has 3 aromatic rings. The minimum Gasteiger partial charge on any atom is -0.481 e. The van der Waals surface area contributed by atoms with E-state index in [1.807, 2.05) is 32.0 Å². The molecule has 0 radical (unpaired) electrons. The van der Waals surface area contributed by atoms with Crippen molar-refractivity contribution in [3.05, 3.63) is 58.3 Å². The summed E-state index contributed by atoms with van der Waals surface area (Å²) in [5.74, 6) is -0.597. The Morgan fingerprint density at radius 3 is 2.52 bits per heavy atom. The number of anilines is 1. The summed E-state index contributed by atoms with van der Waals surface area (Å²) in [6, 6.07) is 8.56. The smallest absolute Gasteiger partial charge is 0.303 e. The average molecular weight is 452 g/mol. The van der Waals surface area contributed by atoms with Crippen molar-refractivity contribution in [2.45, 2.75) is 52.5 Å². The van der Waals surface area contributed by atoms with Crippen LogP contribution in [0.1, 0.15) is 57.5 Å². The van der Waals surface area contributed by atoms with Crippen LogP contribution in [0.3, 0.4) is 0 Å². The number of pyridine rings is 2. The second-order valence-corrected chi connectivity index (χ2v) is 8.24. The van der Waals surface area contributed by atoms with E-state index in [-0.39, 0.29) is 35.9 Å². The summed E-state index contributed by atoms with van der Waals surface area (Å²) in [5.41, 5.74) is 1.54. The first-order valence-electron chi connectivity index (χ1n) is 11.1. The molecule has 0 aliphatic rings. The second kappa shape index (κ2) is 10.3. The Labute approximate surface area is 192 Å². The van der Waals surface area contributed by atoms with Crippen LogP contribution < -0.4 is 10.5 Å². The van der Waals surface area contributed by atoms with E-state index in [1.54, 1.807) is 36.9 Å². The summed E-state index contributed by atoms with van der Waals surface area (Å²) >= 11 is 0. The number of carbonyl (C=O) groups excluding carboxylic acids is 1. The minimum absolute atomic E-state index is 0.00414. The third-order valence-electron chi connectivity index (χ3n) is 5.51. The molecule has 0 aromatic carbocycles. The summed E-state index contributed by atoms with van der Waals surface area (Å²) in [5, 5.41) is 8.99. The highest BCUT2D eigenvalue weighted by Crippen LogP contribution is 2.27. The normalized spacial score (nSPS) is 12.2. The van der Waals surface area contributed by atoms with Gasteiger partial charge in [0, 0.05) is 26.1 Å². The first-order chi connectivity index (χ1) is 15.7. The number of carboxylic acids is 1. The summed E-state index contributed by atoms with van der Waals surface area (Å²) in [7, 11) is 1.65. The van der Waals surface area contributed by atoms with Crippen LogP contribution in [0.5, 0.6) is 0 Å². The molecule has 9 nitrogen and oxygen atoms in total. The van der Waals surface area contributed by atoms with Crippen molar-refractivity contribution in [1.29, 1.82) is 0 Å². The van der Waals surface area contributed by atoms with Crippen molar-refractivity contribution in [3.8, 4) is 0 Å². The molecule has 9 heteroatoms. The number of fused-ring (bicyclic) bond motifs is 1. The Kier molecular flexibility index (Phi) is 7.52. The topological polar surface area (TPSA) is 118 Å². The van der Waals surface area contributed by atoms with E-state index < -0.39 is 12.0 Å². The molecule has 3 rings (SSSR count). The lowest BCUT2D eigenvalue weighted by Crippen LogP contribution is -2.34. The minimum atomic E-state index is -0.917. The fourth-order valence-electron chi connectivity index (χ4n) is 3.83. The van der Waals surface area contributed by atoms with Crippen molar-refractivity contribution in [2.24, 2.45) is 5.92 Å². The van der Waals surface area contributed by atoms with Crippen molar-refractivity contribution in [1.82, 2.24) is 19.5 Å². The number of rotatable bonds is 9. The van der Waals surface area contributed by atoms with Gasteiger partial charge in [-0.25, -0.2) is 9.97 Å². The predicted octanol–water partition coefficient (Wildman–Crippen LogP) is 3.21. The van der Waals surface area contributed by atoms with E-state index in [0.29, 0.717) is 35.5 Å². The van der Waals surface area contributed by atoms with Crippen molar-refractivity contribution >= 4 is 28.9 Å². The highest BCUT2D eigenvalue weighted by Gasteiger charge is 2.26. The van der Waals surface area contributed by atoms with E-state index in [1.165, 1.54) is 4.90 Å². The number of carboxylic acid groups (broad SMARTS) is 1. The summed E-state index contributed by atoms with van der Waals surface area (Å²) < 4.78 is 1.60. The Morgan fingerprint density at radius 2 is 1.91 bits per heavy atom. The van der Waals surface area contributed by atoms with Gasteiger partial charge >= 0.3 is 5.97 Å². The number of amides is 1. The zero-order chi connectivity index (χ0) is 24.1. The van der Waals surface area contributed by atoms with Gasteiger partial charge < -0.3 is 5.11 Å². The van der Waals surface area contributed by atoms with Gasteiger partial charge in [-0.1, -0.05) is 26.8 Å². The number of hydrogen-bond donors (Lipinski definition) is 1. The molecule has 0 aliphatic carbocycles. The van der Waals surface area contributed by atoms with E-state index in [4.69, 9.17) is 5.11 Å². The van der Waals surface area contributed by atoms with Gasteiger partial charge in [-0.3, -0.25) is 28.8 Å². The van der Waals surface area contributed by atoms with Crippen LogP contribution in [0, 0.1) is 5.92 Å². The molecule has 174 valence electrons. The van der Waals surface area contributed by atoms with Gasteiger partial charge in [-0.15, -0.1) is 0 Å². The number of nitrogens with zero attached hydrogens (tertiary/aromatic N) is 5. The van der Waals surface area contributed by atoms with E-state index in [0.717, 1.165) is 0 Å². The van der Waals surface area contributed by atoms with Crippen molar-refractivity contribution in [2.75, 3.05) is 11.9 Å². The van der Waals surface area contributed by atoms with Gasteiger partial charge in [0.15, 0.2) is 5.65 Å². The number of aromatic nitrogens is 4. The van der Waals surface area contributed by atoms with Crippen LogP contribution in [0.2, 0.25) is 0 Å². The maximum atomic E-state index is 13.7. The predicted molar refractivity (Wildman–Crippen MR) is 125 cm³/mol. The van der Waals surface area contributed by atoms with E-state index in [2.05, 4.69) is 15.0 Å². The third kappa shape index (κ3) is 5.24. The number of aliphatic carboxylic acids is 1. The van der Waals surface area contributed by atoms with Crippen LogP contribution in [0.4, 0.5) is 5.82 Å². The van der Waals surface area contributed by atoms with Crippen LogP contribution in [0.15, 0.2) is 41.3 Å². The highest BCUT2D eigenvalue weighted by molar-refractivity contribution is 5.92. The molecular formula is C24H29N5O4. The molecule has 0 saturated carbocycles. The summed E-state index contributed by atoms with van der Waals surface area (Å²) in [6.07, 6.45) is 2.50. The van der Waals surface area contributed by atoms with E-state index in [9.17, 15) is 14.4 Å². The average Bonchev–Trinajstić information content (AvgIpc) is 2.80. The van der Waals surface area contributed by atoms with Crippen LogP contribution in [-0.4, -0.2) is 43.5 Å². The summed E-state index contributed by atoms with van der Waals surface area (Å²) in [6.45, 7) is 5.77. The zero-order valence-electron chi connectivity index (χ0n) is 19.4. The molecule has 0 spiro atoms. The van der Waals surface area contributed by atoms with Gasteiger partial charge in [0.25, 0.3) is 5.56 Å². The first kappa shape index (κ1) is 24.0. The van der Waals surface area contributed by atoms with Gasteiger partial charge in [0.2, 0.25) is 5.91 Å². The van der Waals surface area contributed by atoms with Crippen molar-refractivity contribution in [3.63, 3.8) is 0 Å². The van der Waals surface area contributed by atoms with Crippen LogP contribution >= 0.6 is 0 Å². The molecule has 1 N–H and O–H groups in total. The quantitative estimate of drug-likeness (QED) is 0.531. The molecule has 33 heavy (non-hydrogen) atoms. The fraction of sp³-hybridized carbons (Fsp3) is 0.417. The monoisotopic (exact) mass is 451 g/mol. The Balaban J connectivity index is 2.26. The third-order valence-corrected chi connectivity index (χ3v) is 5.51. The molecule has 3 aromatic heterocycles. The largest absolute Gasteiger partial charge is 0.481 e. The van der Waals surface area contributed by atoms with Crippen LogP contribution in [-0.2, 0) is 16.0 Å². The van der Waals surface area contributed by atoms with Crippen LogP contribution in [0.25, 0.3) is 11.2 Å². The molecule has 0 bridgehead atoms. The van der Waals surface area contributed by atoms with E-state index >= 15 is 0 Å². The number of aryl methyl sites for hydroxylation is 1. The van der Waals surface area contributed by atoms with Gasteiger partial charge in [-0.2, -0.15) is 0 Å².